The summed E-state index contributed by atoms with van der Waals surface area (Å²) in [5, 5.41) is 3.58. The van der Waals surface area contributed by atoms with Crippen LogP contribution in [-0.2, 0) is 0 Å². The first-order chi connectivity index (χ1) is 8.18. The SMILES string of the molecule is Cc1cccc(N2CCCCNC(C)C2)c1C. The van der Waals surface area contributed by atoms with Gasteiger partial charge in [0.2, 0.25) is 0 Å². The average molecular weight is 232 g/mol. The number of hydrogen-bond acceptors (Lipinski definition) is 2. The van der Waals surface area contributed by atoms with Crippen LogP contribution < -0.4 is 10.2 Å². The van der Waals surface area contributed by atoms with Crippen molar-refractivity contribution in [3.63, 3.8) is 0 Å². The van der Waals surface area contributed by atoms with Crippen molar-refractivity contribution in [1.82, 2.24) is 5.32 Å². The van der Waals surface area contributed by atoms with Gasteiger partial charge in [0.15, 0.2) is 0 Å². The van der Waals surface area contributed by atoms with E-state index in [0.29, 0.717) is 6.04 Å². The van der Waals surface area contributed by atoms with E-state index < -0.39 is 0 Å². The molecule has 17 heavy (non-hydrogen) atoms. The van der Waals surface area contributed by atoms with Crippen molar-refractivity contribution in [2.24, 2.45) is 0 Å². The van der Waals surface area contributed by atoms with Crippen molar-refractivity contribution < 1.29 is 0 Å². The van der Waals surface area contributed by atoms with Crippen LogP contribution >= 0.6 is 0 Å². The molecule has 1 unspecified atom stereocenters. The Morgan fingerprint density at radius 2 is 2.06 bits per heavy atom. The van der Waals surface area contributed by atoms with Crippen LogP contribution in [0.5, 0.6) is 0 Å². The fourth-order valence-corrected chi connectivity index (χ4v) is 2.56. The molecular formula is C15H24N2. The first-order valence-corrected chi connectivity index (χ1v) is 6.73. The summed E-state index contributed by atoms with van der Waals surface area (Å²) in [6.45, 7) is 10.2. The first-order valence-electron chi connectivity index (χ1n) is 6.73. The molecule has 1 aliphatic heterocycles. The van der Waals surface area contributed by atoms with Gasteiger partial charge in [-0.25, -0.2) is 0 Å². The van der Waals surface area contributed by atoms with Gasteiger partial charge in [-0.1, -0.05) is 12.1 Å². The zero-order chi connectivity index (χ0) is 12.3. The van der Waals surface area contributed by atoms with Crippen LogP contribution in [-0.4, -0.2) is 25.7 Å². The molecular weight excluding hydrogens is 208 g/mol. The summed E-state index contributed by atoms with van der Waals surface area (Å²) in [5.41, 5.74) is 4.24. The van der Waals surface area contributed by atoms with Gasteiger partial charge in [-0.2, -0.15) is 0 Å². The van der Waals surface area contributed by atoms with Gasteiger partial charge in [0.05, 0.1) is 0 Å². The topological polar surface area (TPSA) is 15.3 Å². The predicted molar refractivity (Wildman–Crippen MR) is 74.8 cm³/mol. The van der Waals surface area contributed by atoms with E-state index in [9.17, 15) is 0 Å². The highest BCUT2D eigenvalue weighted by Gasteiger charge is 2.15. The Hall–Kier alpha value is -1.02. The molecule has 1 atom stereocenters. The molecule has 0 aliphatic carbocycles. The Morgan fingerprint density at radius 3 is 2.88 bits per heavy atom. The van der Waals surface area contributed by atoms with E-state index in [1.165, 1.54) is 42.7 Å². The van der Waals surface area contributed by atoms with Gasteiger partial charge in [-0.05, 0) is 57.4 Å². The van der Waals surface area contributed by atoms with Gasteiger partial charge in [-0.15, -0.1) is 0 Å². The summed E-state index contributed by atoms with van der Waals surface area (Å²) in [7, 11) is 0. The molecule has 2 heteroatoms. The molecule has 1 aliphatic rings. The smallest absolute Gasteiger partial charge is 0.0399 e. The Kier molecular flexibility index (Phi) is 4.06. The van der Waals surface area contributed by atoms with Crippen LogP contribution in [0.1, 0.15) is 30.9 Å². The van der Waals surface area contributed by atoms with Crippen LogP contribution in [0.4, 0.5) is 5.69 Å². The second-order valence-corrected chi connectivity index (χ2v) is 5.23. The van der Waals surface area contributed by atoms with Gasteiger partial charge in [-0.3, -0.25) is 0 Å². The van der Waals surface area contributed by atoms with Gasteiger partial charge in [0, 0.05) is 24.8 Å². The van der Waals surface area contributed by atoms with Crippen molar-refractivity contribution >= 4 is 5.69 Å². The second-order valence-electron chi connectivity index (χ2n) is 5.23. The largest absolute Gasteiger partial charge is 0.370 e. The summed E-state index contributed by atoms with van der Waals surface area (Å²) in [4.78, 5) is 2.54. The van der Waals surface area contributed by atoms with Crippen molar-refractivity contribution in [3.05, 3.63) is 29.3 Å². The van der Waals surface area contributed by atoms with Crippen molar-refractivity contribution in [1.29, 1.82) is 0 Å². The lowest BCUT2D eigenvalue weighted by Crippen LogP contribution is -2.42. The number of hydrogen-bond donors (Lipinski definition) is 1. The van der Waals surface area contributed by atoms with E-state index in [0.717, 1.165) is 6.54 Å². The Labute approximate surface area is 105 Å². The minimum atomic E-state index is 0.579. The highest BCUT2D eigenvalue weighted by Crippen LogP contribution is 2.23. The maximum atomic E-state index is 3.58. The molecule has 2 nitrogen and oxygen atoms in total. The summed E-state index contributed by atoms with van der Waals surface area (Å²) >= 11 is 0. The van der Waals surface area contributed by atoms with E-state index in [-0.39, 0.29) is 0 Å². The van der Waals surface area contributed by atoms with Gasteiger partial charge >= 0.3 is 0 Å². The van der Waals surface area contributed by atoms with Crippen LogP contribution in [0.25, 0.3) is 0 Å². The number of anilines is 1. The molecule has 1 aromatic rings. The molecule has 0 saturated carbocycles. The summed E-state index contributed by atoms with van der Waals surface area (Å²) < 4.78 is 0. The molecule has 0 aromatic heterocycles. The molecule has 0 amide bonds. The van der Waals surface area contributed by atoms with Crippen LogP contribution in [0.2, 0.25) is 0 Å². The minimum absolute atomic E-state index is 0.579. The molecule has 1 N–H and O–H groups in total. The van der Waals surface area contributed by atoms with Gasteiger partial charge in [0.25, 0.3) is 0 Å². The standard InChI is InChI=1S/C15H24N2/c1-12-7-6-8-15(14(12)3)17-10-5-4-9-16-13(2)11-17/h6-8,13,16H,4-5,9-11H2,1-3H3. The number of rotatable bonds is 1. The lowest BCUT2D eigenvalue weighted by atomic mass is 10.1. The van der Waals surface area contributed by atoms with Crippen molar-refractivity contribution in [2.45, 2.75) is 39.7 Å². The predicted octanol–water partition coefficient (Wildman–Crippen LogP) is 2.88. The number of nitrogens with one attached hydrogen (secondary N) is 1. The lowest BCUT2D eigenvalue weighted by Gasteiger charge is -2.32. The molecule has 2 rings (SSSR count). The maximum absolute atomic E-state index is 3.58. The highest BCUT2D eigenvalue weighted by molar-refractivity contribution is 5.56. The molecule has 1 heterocycles. The first kappa shape index (κ1) is 12.4. The number of benzene rings is 1. The van der Waals surface area contributed by atoms with E-state index in [1.807, 2.05) is 0 Å². The van der Waals surface area contributed by atoms with E-state index in [2.05, 4.69) is 49.2 Å². The normalized spacial score (nSPS) is 22.1. The number of aryl methyl sites for hydroxylation is 1. The third-order valence-corrected chi connectivity index (χ3v) is 3.76. The molecule has 1 aromatic carbocycles. The molecule has 0 bridgehead atoms. The van der Waals surface area contributed by atoms with Gasteiger partial charge in [0.1, 0.15) is 0 Å². The minimum Gasteiger partial charge on any atom is -0.370 e. The summed E-state index contributed by atoms with van der Waals surface area (Å²) in [6.07, 6.45) is 2.57. The fourth-order valence-electron chi connectivity index (χ4n) is 2.56. The molecule has 1 saturated heterocycles. The third kappa shape index (κ3) is 3.01. The van der Waals surface area contributed by atoms with Crippen LogP contribution in [0, 0.1) is 13.8 Å². The zero-order valence-electron chi connectivity index (χ0n) is 11.3. The van der Waals surface area contributed by atoms with E-state index >= 15 is 0 Å². The fraction of sp³-hybridized carbons (Fsp3) is 0.600. The highest BCUT2D eigenvalue weighted by atomic mass is 15.2. The lowest BCUT2D eigenvalue weighted by molar-refractivity contribution is 0.485. The quantitative estimate of drug-likeness (QED) is 0.801. The molecule has 0 radical (unpaired) electrons. The second kappa shape index (κ2) is 5.54. The number of nitrogens with zero attached hydrogens (tertiary/aromatic N) is 1. The molecule has 94 valence electrons. The summed E-state index contributed by atoms with van der Waals surface area (Å²) in [6, 6.07) is 7.21. The van der Waals surface area contributed by atoms with Crippen LogP contribution in [0.3, 0.4) is 0 Å². The van der Waals surface area contributed by atoms with Crippen molar-refractivity contribution in [2.75, 3.05) is 24.5 Å². The van der Waals surface area contributed by atoms with E-state index in [4.69, 9.17) is 0 Å². The zero-order valence-corrected chi connectivity index (χ0v) is 11.3. The van der Waals surface area contributed by atoms with Gasteiger partial charge < -0.3 is 10.2 Å². The Bertz CT molecular complexity index is 373. The van der Waals surface area contributed by atoms with Crippen molar-refractivity contribution in [3.8, 4) is 0 Å². The van der Waals surface area contributed by atoms with E-state index in [1.54, 1.807) is 0 Å². The molecule has 0 spiro atoms. The maximum Gasteiger partial charge on any atom is 0.0399 e. The molecule has 1 fully saturated rings. The summed E-state index contributed by atoms with van der Waals surface area (Å²) in [5.74, 6) is 0. The van der Waals surface area contributed by atoms with Crippen LogP contribution in [0.15, 0.2) is 18.2 Å². The third-order valence-electron chi connectivity index (χ3n) is 3.76. The Morgan fingerprint density at radius 1 is 1.24 bits per heavy atom. The Balaban J connectivity index is 2.20. The monoisotopic (exact) mass is 232 g/mol. The average Bonchev–Trinajstić information content (AvgIpc) is 2.27.